The third kappa shape index (κ3) is 4.95. The molecule has 1 aliphatic heterocycles. The summed E-state index contributed by atoms with van der Waals surface area (Å²) >= 11 is 1.51. The van der Waals surface area contributed by atoms with Crippen LogP contribution in [0.1, 0.15) is 37.7 Å². The van der Waals surface area contributed by atoms with Gasteiger partial charge >= 0.3 is 0 Å². The minimum Gasteiger partial charge on any atom is -0.394 e. The minimum absolute atomic E-state index is 0.0103. The van der Waals surface area contributed by atoms with Crippen molar-refractivity contribution in [3.05, 3.63) is 35.4 Å². The SMILES string of the molecule is CCCSc1nc(NC2CC2c2ccc(F)c(F)c2)c2c(n1)N(C1CC(OCCO)C(O)C1O)NN2. The third-order valence-corrected chi connectivity index (χ3v) is 7.73. The molecule has 2 fully saturated rings. The fourth-order valence-corrected chi connectivity index (χ4v) is 5.42. The zero-order valence-electron chi connectivity index (χ0n) is 19.7. The second kappa shape index (κ2) is 10.6. The Balaban J connectivity index is 1.37. The molecule has 6 N–H and O–H groups in total. The summed E-state index contributed by atoms with van der Waals surface area (Å²) in [5.41, 5.74) is 7.42. The van der Waals surface area contributed by atoms with Gasteiger partial charge in [-0.25, -0.2) is 18.7 Å². The predicted octanol–water partition coefficient (Wildman–Crippen LogP) is 1.75. The molecule has 2 aromatic rings. The highest BCUT2D eigenvalue weighted by Crippen LogP contribution is 2.46. The van der Waals surface area contributed by atoms with Crippen LogP contribution in [0, 0.1) is 11.6 Å². The number of halogens is 2. The number of aromatic nitrogens is 2. The molecule has 5 rings (SSSR count). The number of nitrogens with one attached hydrogen (secondary N) is 3. The van der Waals surface area contributed by atoms with Crippen molar-refractivity contribution >= 4 is 29.1 Å². The summed E-state index contributed by atoms with van der Waals surface area (Å²) in [6.07, 6.45) is -0.832. The molecule has 10 nitrogen and oxygen atoms in total. The summed E-state index contributed by atoms with van der Waals surface area (Å²) in [5, 5.41) is 35.9. The van der Waals surface area contributed by atoms with E-state index in [1.54, 1.807) is 11.1 Å². The van der Waals surface area contributed by atoms with Gasteiger partial charge in [-0.05, 0) is 30.5 Å². The molecule has 2 saturated carbocycles. The average molecular weight is 525 g/mol. The van der Waals surface area contributed by atoms with Gasteiger partial charge < -0.3 is 25.4 Å². The molecule has 0 spiro atoms. The van der Waals surface area contributed by atoms with Crippen LogP contribution in [0.2, 0.25) is 0 Å². The van der Waals surface area contributed by atoms with Crippen LogP contribution in [0.15, 0.2) is 23.4 Å². The second-order valence-electron chi connectivity index (χ2n) is 9.19. The lowest BCUT2D eigenvalue weighted by atomic mass is 10.1. The first kappa shape index (κ1) is 25.4. The zero-order valence-corrected chi connectivity index (χ0v) is 20.5. The van der Waals surface area contributed by atoms with E-state index >= 15 is 0 Å². The molecule has 0 amide bonds. The molecule has 1 aromatic carbocycles. The first-order chi connectivity index (χ1) is 17.4. The summed E-state index contributed by atoms with van der Waals surface area (Å²) in [6, 6.07) is 3.42. The van der Waals surface area contributed by atoms with Gasteiger partial charge in [-0.1, -0.05) is 24.8 Å². The first-order valence-corrected chi connectivity index (χ1v) is 13.1. The van der Waals surface area contributed by atoms with E-state index < -0.39 is 36.0 Å². The summed E-state index contributed by atoms with van der Waals surface area (Å²) in [5.74, 6) is 0.203. The number of aliphatic hydroxyl groups excluding tert-OH is 3. The second-order valence-corrected chi connectivity index (χ2v) is 10.3. The topological polar surface area (TPSA) is 135 Å². The lowest BCUT2D eigenvalue weighted by molar-refractivity contribution is -0.0617. The standard InChI is InChI=1S/C23H30F2N6O4S/c1-2-7-36-23-27-21(26-15-9-12(15)11-3-4-13(24)14(25)8-11)18-22(28-23)31(30-29-18)16-10-17(35-6-5-32)20(34)19(16)33/h3-4,8,12,15-17,19-20,29-30,32-34H,2,5-7,9-10H2,1H3,(H,26,27,28). The molecule has 0 saturated heterocycles. The van der Waals surface area contributed by atoms with Crippen LogP contribution >= 0.6 is 11.8 Å². The van der Waals surface area contributed by atoms with Crippen LogP contribution in [0.25, 0.3) is 0 Å². The van der Waals surface area contributed by atoms with Crippen molar-refractivity contribution in [2.75, 3.05) is 34.7 Å². The van der Waals surface area contributed by atoms with Crippen molar-refractivity contribution in [1.29, 1.82) is 0 Å². The zero-order chi connectivity index (χ0) is 25.4. The van der Waals surface area contributed by atoms with Gasteiger partial charge in [0.15, 0.2) is 28.4 Å². The van der Waals surface area contributed by atoms with Crippen molar-refractivity contribution < 1.29 is 28.8 Å². The minimum atomic E-state index is -1.11. The van der Waals surface area contributed by atoms with Crippen molar-refractivity contribution in [1.82, 2.24) is 15.5 Å². The fourth-order valence-electron chi connectivity index (χ4n) is 4.72. The van der Waals surface area contributed by atoms with Gasteiger partial charge in [-0.2, -0.15) is 0 Å². The number of anilines is 3. The Hall–Kier alpha value is -2.29. The molecule has 6 atom stereocenters. The van der Waals surface area contributed by atoms with E-state index in [1.807, 2.05) is 0 Å². The predicted molar refractivity (Wildman–Crippen MR) is 131 cm³/mol. The van der Waals surface area contributed by atoms with E-state index in [2.05, 4.69) is 28.2 Å². The van der Waals surface area contributed by atoms with Crippen molar-refractivity contribution in [3.63, 3.8) is 0 Å². The van der Waals surface area contributed by atoms with Crippen molar-refractivity contribution in [3.8, 4) is 0 Å². The normalized spacial score (nSPS) is 28.8. The van der Waals surface area contributed by atoms with E-state index in [9.17, 15) is 19.0 Å². The van der Waals surface area contributed by atoms with Gasteiger partial charge in [0, 0.05) is 24.1 Å². The van der Waals surface area contributed by atoms with Gasteiger partial charge in [0.2, 0.25) is 0 Å². The molecule has 3 aliphatic rings. The largest absolute Gasteiger partial charge is 0.394 e. The Labute approximate surface area is 211 Å². The van der Waals surface area contributed by atoms with Gasteiger partial charge in [0.1, 0.15) is 17.9 Å². The lowest BCUT2D eigenvalue weighted by Gasteiger charge is -2.27. The van der Waals surface area contributed by atoms with E-state index in [0.717, 1.165) is 30.2 Å². The number of fused-ring (bicyclic) bond motifs is 1. The third-order valence-electron chi connectivity index (χ3n) is 6.67. The maximum Gasteiger partial charge on any atom is 0.191 e. The van der Waals surface area contributed by atoms with Gasteiger partial charge in [0.25, 0.3) is 0 Å². The molecule has 0 radical (unpaired) electrons. The summed E-state index contributed by atoms with van der Waals surface area (Å²) in [7, 11) is 0. The van der Waals surface area contributed by atoms with Crippen LogP contribution in [-0.4, -0.2) is 74.6 Å². The van der Waals surface area contributed by atoms with Crippen molar-refractivity contribution in [2.45, 2.75) is 67.7 Å². The number of aliphatic hydroxyl groups is 3. The van der Waals surface area contributed by atoms with E-state index in [0.29, 0.717) is 28.9 Å². The van der Waals surface area contributed by atoms with Gasteiger partial charge in [-0.3, -0.25) is 10.4 Å². The fraction of sp³-hybridized carbons (Fsp3) is 0.565. The average Bonchev–Trinajstić information content (AvgIpc) is 3.41. The number of benzene rings is 1. The van der Waals surface area contributed by atoms with Gasteiger partial charge in [-0.15, -0.1) is 5.53 Å². The van der Waals surface area contributed by atoms with Gasteiger partial charge in [0.05, 0.1) is 25.4 Å². The number of rotatable bonds is 10. The summed E-state index contributed by atoms with van der Waals surface area (Å²) in [4.78, 5) is 9.38. The highest BCUT2D eigenvalue weighted by atomic mass is 32.2. The molecule has 0 bridgehead atoms. The molecular formula is C23H30F2N6O4S. The maximum atomic E-state index is 13.7. The number of hydrogen-bond acceptors (Lipinski definition) is 11. The Morgan fingerprint density at radius 2 is 2.03 bits per heavy atom. The lowest BCUT2D eigenvalue weighted by Crippen LogP contribution is -2.49. The molecule has 2 heterocycles. The van der Waals surface area contributed by atoms with E-state index in [4.69, 9.17) is 14.8 Å². The Kier molecular flexibility index (Phi) is 7.47. The van der Waals surface area contributed by atoms with E-state index in [-0.39, 0.29) is 25.2 Å². The Morgan fingerprint density at radius 3 is 2.78 bits per heavy atom. The monoisotopic (exact) mass is 524 g/mol. The number of ether oxygens (including phenoxy) is 1. The number of hydrogen-bond donors (Lipinski definition) is 6. The number of nitrogens with zero attached hydrogens (tertiary/aromatic N) is 3. The highest BCUT2D eigenvalue weighted by molar-refractivity contribution is 7.99. The van der Waals surface area contributed by atoms with Crippen LogP contribution < -0.4 is 21.3 Å². The van der Waals surface area contributed by atoms with E-state index in [1.165, 1.54) is 17.8 Å². The molecule has 36 heavy (non-hydrogen) atoms. The maximum absolute atomic E-state index is 13.7. The molecular weight excluding hydrogens is 494 g/mol. The summed E-state index contributed by atoms with van der Waals surface area (Å²) in [6.45, 7) is 1.95. The van der Waals surface area contributed by atoms with Crippen LogP contribution in [0.5, 0.6) is 0 Å². The van der Waals surface area contributed by atoms with Crippen LogP contribution in [0.4, 0.5) is 26.1 Å². The van der Waals surface area contributed by atoms with Crippen LogP contribution in [-0.2, 0) is 4.74 Å². The Bertz CT molecular complexity index is 1100. The smallest absolute Gasteiger partial charge is 0.191 e. The Morgan fingerprint density at radius 1 is 1.19 bits per heavy atom. The number of hydrazine groups is 2. The highest BCUT2D eigenvalue weighted by Gasteiger charge is 2.48. The summed E-state index contributed by atoms with van der Waals surface area (Å²) < 4.78 is 32.6. The quantitative estimate of drug-likeness (QED) is 0.200. The first-order valence-electron chi connectivity index (χ1n) is 12.1. The van der Waals surface area contributed by atoms with Crippen molar-refractivity contribution in [2.24, 2.45) is 0 Å². The molecule has 13 heteroatoms. The van der Waals surface area contributed by atoms with Crippen LogP contribution in [0.3, 0.4) is 0 Å². The molecule has 196 valence electrons. The molecule has 2 aliphatic carbocycles. The number of thioether (sulfide) groups is 1. The molecule has 1 aromatic heterocycles. The molecule has 6 unspecified atom stereocenters.